The van der Waals surface area contributed by atoms with Crippen LogP contribution in [0.1, 0.15) is 26.6 Å². The summed E-state index contributed by atoms with van der Waals surface area (Å²) in [5, 5.41) is 11.7. The van der Waals surface area contributed by atoms with Crippen molar-refractivity contribution < 1.29 is 0 Å². The third-order valence-electron chi connectivity index (χ3n) is 1.73. The minimum Gasteiger partial charge on any atom is -0.210 e. The van der Waals surface area contributed by atoms with Crippen molar-refractivity contribution in [2.75, 3.05) is 0 Å². The summed E-state index contributed by atoms with van der Waals surface area (Å²) in [6.07, 6.45) is 3.15. The molecule has 0 saturated carbocycles. The first-order valence-corrected chi connectivity index (χ1v) is 4.11. The molecular formula is C8H11N5. The van der Waals surface area contributed by atoms with Crippen LogP contribution in [0.3, 0.4) is 0 Å². The van der Waals surface area contributed by atoms with Gasteiger partial charge in [0.05, 0.1) is 6.20 Å². The van der Waals surface area contributed by atoms with E-state index in [1.165, 1.54) is 0 Å². The second kappa shape index (κ2) is 2.48. The van der Waals surface area contributed by atoms with E-state index in [-0.39, 0.29) is 5.41 Å². The van der Waals surface area contributed by atoms with Crippen LogP contribution in [-0.2, 0) is 5.41 Å². The van der Waals surface area contributed by atoms with Crippen molar-refractivity contribution in [1.29, 1.82) is 0 Å². The Balaban J connectivity index is 2.63. The Morgan fingerprint density at radius 1 is 1.23 bits per heavy atom. The average molecular weight is 177 g/mol. The zero-order valence-corrected chi connectivity index (χ0v) is 7.89. The molecule has 2 rings (SSSR count). The summed E-state index contributed by atoms with van der Waals surface area (Å²) in [4.78, 5) is 4.33. The van der Waals surface area contributed by atoms with Gasteiger partial charge in [-0.05, 0) is 0 Å². The molecule has 0 unspecified atom stereocenters. The van der Waals surface area contributed by atoms with Crippen LogP contribution in [0, 0.1) is 0 Å². The van der Waals surface area contributed by atoms with Gasteiger partial charge in [-0.2, -0.15) is 9.61 Å². The number of fused-ring (bicyclic) bond motifs is 1. The molecule has 0 spiro atoms. The van der Waals surface area contributed by atoms with Crippen LogP contribution in [0.4, 0.5) is 0 Å². The second-order valence-corrected chi connectivity index (χ2v) is 3.96. The summed E-state index contributed by atoms with van der Waals surface area (Å²) in [5.74, 6) is 0.808. The topological polar surface area (TPSA) is 56.0 Å². The maximum atomic E-state index is 4.33. The molecule has 68 valence electrons. The molecule has 2 aromatic rings. The van der Waals surface area contributed by atoms with Crippen molar-refractivity contribution in [3.8, 4) is 0 Å². The molecule has 0 fully saturated rings. The minimum atomic E-state index is -0.0357. The molecule has 5 nitrogen and oxygen atoms in total. The fraction of sp³-hybridized carbons (Fsp3) is 0.500. The lowest BCUT2D eigenvalue weighted by Gasteiger charge is -2.11. The molecule has 2 aromatic heterocycles. The van der Waals surface area contributed by atoms with Gasteiger partial charge in [-0.1, -0.05) is 20.8 Å². The predicted octanol–water partition coefficient (Wildman–Crippen LogP) is 0.817. The summed E-state index contributed by atoms with van der Waals surface area (Å²) < 4.78 is 1.63. The Labute approximate surface area is 75.8 Å². The van der Waals surface area contributed by atoms with Gasteiger partial charge >= 0.3 is 0 Å². The highest BCUT2D eigenvalue weighted by molar-refractivity contribution is 5.33. The lowest BCUT2D eigenvalue weighted by Crippen LogP contribution is -2.13. The molecule has 0 aliphatic rings. The summed E-state index contributed by atoms with van der Waals surface area (Å²) in [7, 11) is 0. The molecule has 5 heteroatoms. The molecule has 0 aromatic carbocycles. The molecule has 13 heavy (non-hydrogen) atoms. The third kappa shape index (κ3) is 1.37. The molecule has 0 atom stereocenters. The monoisotopic (exact) mass is 177 g/mol. The van der Waals surface area contributed by atoms with Gasteiger partial charge in [-0.25, -0.2) is 4.98 Å². The Morgan fingerprint density at radius 2 is 2.00 bits per heavy atom. The number of hydrogen-bond donors (Lipinski definition) is 0. The maximum absolute atomic E-state index is 4.33. The van der Waals surface area contributed by atoms with E-state index < -0.39 is 0 Å². The first-order valence-electron chi connectivity index (χ1n) is 4.11. The van der Waals surface area contributed by atoms with Crippen LogP contribution in [0.2, 0.25) is 0 Å². The van der Waals surface area contributed by atoms with Crippen LogP contribution >= 0.6 is 0 Å². The van der Waals surface area contributed by atoms with Gasteiger partial charge in [0.2, 0.25) is 0 Å². The SMILES string of the molecule is CC(C)(C)c1nc2cnncn2n1. The summed E-state index contributed by atoms with van der Waals surface area (Å²) in [5.41, 5.74) is 0.700. The molecule has 0 amide bonds. The van der Waals surface area contributed by atoms with Crippen LogP contribution < -0.4 is 0 Å². The molecule has 0 N–H and O–H groups in total. The summed E-state index contributed by atoms with van der Waals surface area (Å²) >= 11 is 0. The van der Waals surface area contributed by atoms with Gasteiger partial charge < -0.3 is 0 Å². The van der Waals surface area contributed by atoms with Crippen LogP contribution in [0.5, 0.6) is 0 Å². The van der Waals surface area contributed by atoms with Gasteiger partial charge in [-0.15, -0.1) is 10.2 Å². The van der Waals surface area contributed by atoms with Crippen molar-refractivity contribution in [3.05, 3.63) is 18.3 Å². The zero-order chi connectivity index (χ0) is 9.47. The first-order chi connectivity index (χ1) is 6.07. The number of nitrogens with zero attached hydrogens (tertiary/aromatic N) is 5. The third-order valence-corrected chi connectivity index (χ3v) is 1.73. The number of hydrogen-bond acceptors (Lipinski definition) is 4. The number of aromatic nitrogens is 5. The van der Waals surface area contributed by atoms with E-state index >= 15 is 0 Å². The Kier molecular flexibility index (Phi) is 1.55. The van der Waals surface area contributed by atoms with Crippen LogP contribution in [-0.4, -0.2) is 24.8 Å². The van der Waals surface area contributed by atoms with Crippen molar-refractivity contribution in [2.45, 2.75) is 26.2 Å². The van der Waals surface area contributed by atoms with E-state index in [4.69, 9.17) is 0 Å². The number of rotatable bonds is 0. The maximum Gasteiger partial charge on any atom is 0.177 e. The lowest BCUT2D eigenvalue weighted by molar-refractivity contribution is 0.545. The molecule has 0 aliphatic heterocycles. The highest BCUT2D eigenvalue weighted by Gasteiger charge is 2.19. The average Bonchev–Trinajstić information content (AvgIpc) is 2.45. The van der Waals surface area contributed by atoms with Crippen LogP contribution in [0.25, 0.3) is 5.65 Å². The van der Waals surface area contributed by atoms with Crippen molar-refractivity contribution >= 4 is 5.65 Å². The van der Waals surface area contributed by atoms with Gasteiger partial charge in [0, 0.05) is 5.41 Å². The van der Waals surface area contributed by atoms with Gasteiger partial charge in [0.25, 0.3) is 0 Å². The molecule has 2 heterocycles. The Hall–Kier alpha value is -1.52. The first kappa shape index (κ1) is 8.10. The molecule has 0 aliphatic carbocycles. The molecule has 0 bridgehead atoms. The second-order valence-electron chi connectivity index (χ2n) is 3.96. The van der Waals surface area contributed by atoms with Crippen molar-refractivity contribution in [1.82, 2.24) is 24.8 Å². The molecular weight excluding hydrogens is 166 g/mol. The largest absolute Gasteiger partial charge is 0.210 e. The fourth-order valence-electron chi connectivity index (χ4n) is 0.990. The van der Waals surface area contributed by atoms with Gasteiger partial charge in [-0.3, -0.25) is 0 Å². The Bertz CT molecular complexity index is 392. The van der Waals surface area contributed by atoms with E-state index in [1.807, 2.05) is 0 Å². The van der Waals surface area contributed by atoms with Crippen LogP contribution in [0.15, 0.2) is 12.5 Å². The highest BCUT2D eigenvalue weighted by Crippen LogP contribution is 2.17. The zero-order valence-electron chi connectivity index (χ0n) is 7.89. The van der Waals surface area contributed by atoms with E-state index in [2.05, 4.69) is 41.1 Å². The quantitative estimate of drug-likeness (QED) is 0.597. The van der Waals surface area contributed by atoms with E-state index in [9.17, 15) is 0 Å². The predicted molar refractivity (Wildman–Crippen MR) is 47.3 cm³/mol. The molecule has 0 radical (unpaired) electrons. The van der Waals surface area contributed by atoms with E-state index in [1.54, 1.807) is 17.0 Å². The lowest BCUT2D eigenvalue weighted by atomic mass is 9.96. The van der Waals surface area contributed by atoms with Gasteiger partial charge in [0.15, 0.2) is 11.5 Å². The Morgan fingerprint density at radius 3 is 2.62 bits per heavy atom. The van der Waals surface area contributed by atoms with Crippen molar-refractivity contribution in [3.63, 3.8) is 0 Å². The standard InChI is InChI=1S/C8H11N5/c1-8(2,3)7-11-6-4-9-10-5-13(6)12-7/h4-5H,1-3H3. The highest BCUT2D eigenvalue weighted by atomic mass is 15.3. The summed E-state index contributed by atoms with van der Waals surface area (Å²) in [6, 6.07) is 0. The fourth-order valence-corrected chi connectivity index (χ4v) is 0.990. The van der Waals surface area contributed by atoms with Gasteiger partial charge in [0.1, 0.15) is 6.33 Å². The molecule has 0 saturated heterocycles. The smallest absolute Gasteiger partial charge is 0.177 e. The van der Waals surface area contributed by atoms with Crippen molar-refractivity contribution in [2.24, 2.45) is 0 Å². The normalized spacial score (nSPS) is 12.2. The van der Waals surface area contributed by atoms with E-state index in [0.717, 1.165) is 11.5 Å². The van der Waals surface area contributed by atoms with E-state index in [0.29, 0.717) is 0 Å². The minimum absolute atomic E-state index is 0.0357. The summed E-state index contributed by atoms with van der Waals surface area (Å²) in [6.45, 7) is 6.22.